The molecule has 0 spiro atoms. The summed E-state index contributed by atoms with van der Waals surface area (Å²) >= 11 is 11.4. The van der Waals surface area contributed by atoms with Crippen molar-refractivity contribution in [3.63, 3.8) is 0 Å². The summed E-state index contributed by atoms with van der Waals surface area (Å²) in [6, 6.07) is 4.44. The molecule has 1 aromatic carbocycles. The molecule has 2 aromatic rings. The first-order valence-electron chi connectivity index (χ1n) is 4.62. The number of halogens is 5. The Morgan fingerprint density at radius 1 is 0.944 bits per heavy atom. The minimum Gasteiger partial charge on any atom is -0.436 e. The maximum atomic E-state index is 13.2. The fourth-order valence-electron chi connectivity index (χ4n) is 1.15. The second-order valence-corrected chi connectivity index (χ2v) is 4.04. The summed E-state index contributed by atoms with van der Waals surface area (Å²) in [6.45, 7) is 0. The molecule has 2 nitrogen and oxygen atoms in total. The largest absolute Gasteiger partial charge is 0.436 e. The van der Waals surface area contributed by atoms with E-state index in [2.05, 4.69) is 4.98 Å². The van der Waals surface area contributed by atoms with Gasteiger partial charge in [-0.05, 0) is 12.1 Å². The standard InChI is InChI=1S/C11H4Cl2F3NO/c12-6-2-1-5(3-7(6)13)18-11-9(15)4-8(14)10(16)17-11/h1-4H. The van der Waals surface area contributed by atoms with Gasteiger partial charge >= 0.3 is 0 Å². The molecule has 0 aliphatic carbocycles. The van der Waals surface area contributed by atoms with Crippen LogP contribution in [0.4, 0.5) is 13.2 Å². The predicted octanol–water partition coefficient (Wildman–Crippen LogP) is 4.60. The van der Waals surface area contributed by atoms with Crippen molar-refractivity contribution in [3.05, 3.63) is 51.9 Å². The van der Waals surface area contributed by atoms with Gasteiger partial charge in [0.15, 0.2) is 11.6 Å². The molecule has 0 radical (unpaired) electrons. The molecule has 0 saturated carbocycles. The molecule has 0 fully saturated rings. The van der Waals surface area contributed by atoms with E-state index in [4.69, 9.17) is 27.9 Å². The van der Waals surface area contributed by atoms with Crippen molar-refractivity contribution >= 4 is 23.2 Å². The fraction of sp³-hybridized carbons (Fsp3) is 0. The average molecular weight is 294 g/mol. The van der Waals surface area contributed by atoms with Gasteiger partial charge in [0.25, 0.3) is 11.8 Å². The summed E-state index contributed by atoms with van der Waals surface area (Å²) in [6.07, 6.45) is 0. The minimum absolute atomic E-state index is 0.0989. The molecule has 0 N–H and O–H groups in total. The molecular formula is C11H4Cl2F3NO. The third kappa shape index (κ3) is 2.68. The third-order valence-electron chi connectivity index (χ3n) is 1.96. The van der Waals surface area contributed by atoms with Gasteiger partial charge in [-0.3, -0.25) is 0 Å². The van der Waals surface area contributed by atoms with Crippen molar-refractivity contribution in [1.82, 2.24) is 4.98 Å². The first-order chi connectivity index (χ1) is 8.47. The van der Waals surface area contributed by atoms with Crippen LogP contribution >= 0.6 is 23.2 Å². The zero-order valence-corrected chi connectivity index (χ0v) is 10.1. The van der Waals surface area contributed by atoms with Crippen LogP contribution in [-0.2, 0) is 0 Å². The molecule has 18 heavy (non-hydrogen) atoms. The zero-order chi connectivity index (χ0) is 13.3. The van der Waals surface area contributed by atoms with E-state index in [1.807, 2.05) is 0 Å². The van der Waals surface area contributed by atoms with E-state index in [0.717, 1.165) is 0 Å². The van der Waals surface area contributed by atoms with Crippen LogP contribution in [0.3, 0.4) is 0 Å². The molecule has 1 aromatic heterocycles. The van der Waals surface area contributed by atoms with Crippen molar-refractivity contribution in [2.75, 3.05) is 0 Å². The summed E-state index contributed by atoms with van der Waals surface area (Å²) in [5.41, 5.74) is 0. The highest BCUT2D eigenvalue weighted by Crippen LogP contribution is 2.29. The molecule has 0 atom stereocenters. The lowest BCUT2D eigenvalue weighted by molar-refractivity contribution is 0.387. The normalized spacial score (nSPS) is 10.5. The molecule has 0 aliphatic rings. The Balaban J connectivity index is 2.34. The van der Waals surface area contributed by atoms with E-state index in [0.29, 0.717) is 6.07 Å². The number of hydrogen-bond donors (Lipinski definition) is 0. The van der Waals surface area contributed by atoms with Crippen LogP contribution < -0.4 is 4.74 Å². The summed E-state index contributed by atoms with van der Waals surface area (Å²) < 4.78 is 43.7. The summed E-state index contributed by atoms with van der Waals surface area (Å²) in [4.78, 5) is 3.00. The van der Waals surface area contributed by atoms with Crippen molar-refractivity contribution in [2.45, 2.75) is 0 Å². The number of benzene rings is 1. The van der Waals surface area contributed by atoms with Gasteiger partial charge in [-0.15, -0.1) is 0 Å². The van der Waals surface area contributed by atoms with Gasteiger partial charge in [0.2, 0.25) is 0 Å². The Hall–Kier alpha value is -1.46. The van der Waals surface area contributed by atoms with Crippen molar-refractivity contribution < 1.29 is 17.9 Å². The van der Waals surface area contributed by atoms with E-state index in [9.17, 15) is 13.2 Å². The SMILES string of the molecule is Fc1cc(F)c(Oc2ccc(Cl)c(Cl)c2)nc1F. The minimum atomic E-state index is -1.45. The Bertz CT molecular complexity index is 607. The van der Waals surface area contributed by atoms with Gasteiger partial charge in [-0.2, -0.15) is 9.37 Å². The Morgan fingerprint density at radius 3 is 2.33 bits per heavy atom. The molecule has 1 heterocycles. The Labute approximate surface area is 110 Å². The zero-order valence-electron chi connectivity index (χ0n) is 8.55. The lowest BCUT2D eigenvalue weighted by atomic mass is 10.3. The van der Waals surface area contributed by atoms with E-state index < -0.39 is 23.5 Å². The van der Waals surface area contributed by atoms with Gasteiger partial charge in [-0.25, -0.2) is 8.78 Å². The van der Waals surface area contributed by atoms with E-state index in [1.54, 1.807) is 0 Å². The van der Waals surface area contributed by atoms with Gasteiger partial charge in [0.05, 0.1) is 10.0 Å². The lowest BCUT2D eigenvalue weighted by Crippen LogP contribution is -1.98. The smallest absolute Gasteiger partial charge is 0.258 e. The number of nitrogens with zero attached hydrogens (tertiary/aromatic N) is 1. The van der Waals surface area contributed by atoms with Gasteiger partial charge in [0.1, 0.15) is 5.75 Å². The Kier molecular flexibility index (Phi) is 3.63. The van der Waals surface area contributed by atoms with Crippen LogP contribution in [0.1, 0.15) is 0 Å². The highest BCUT2D eigenvalue weighted by Gasteiger charge is 2.14. The topological polar surface area (TPSA) is 22.1 Å². The van der Waals surface area contributed by atoms with Crippen LogP contribution in [0.5, 0.6) is 11.6 Å². The predicted molar refractivity (Wildman–Crippen MR) is 60.6 cm³/mol. The van der Waals surface area contributed by atoms with E-state index >= 15 is 0 Å². The number of pyridine rings is 1. The fourth-order valence-corrected chi connectivity index (χ4v) is 1.44. The first-order valence-corrected chi connectivity index (χ1v) is 5.37. The maximum Gasteiger partial charge on any atom is 0.258 e. The molecule has 0 aliphatic heterocycles. The molecule has 2 rings (SSSR count). The lowest BCUT2D eigenvalue weighted by Gasteiger charge is -2.06. The van der Waals surface area contributed by atoms with Crippen molar-refractivity contribution in [1.29, 1.82) is 0 Å². The molecule has 0 amide bonds. The number of aromatic nitrogens is 1. The molecule has 0 bridgehead atoms. The summed E-state index contributed by atoms with van der Waals surface area (Å²) in [5.74, 6) is -4.56. The molecule has 7 heteroatoms. The van der Waals surface area contributed by atoms with Crippen LogP contribution in [0.2, 0.25) is 10.0 Å². The first kappa shape index (κ1) is 13.0. The second kappa shape index (κ2) is 5.04. The third-order valence-corrected chi connectivity index (χ3v) is 2.70. The number of hydrogen-bond acceptors (Lipinski definition) is 2. The molecule has 0 saturated heterocycles. The quantitative estimate of drug-likeness (QED) is 0.755. The second-order valence-electron chi connectivity index (χ2n) is 3.23. The van der Waals surface area contributed by atoms with E-state index in [1.165, 1.54) is 18.2 Å². The van der Waals surface area contributed by atoms with Crippen LogP contribution in [0.25, 0.3) is 0 Å². The number of ether oxygens (including phenoxy) is 1. The van der Waals surface area contributed by atoms with Crippen LogP contribution in [0, 0.1) is 17.6 Å². The molecule has 0 unspecified atom stereocenters. The summed E-state index contributed by atoms with van der Waals surface area (Å²) in [5, 5.41) is 0.458. The maximum absolute atomic E-state index is 13.2. The molecule has 94 valence electrons. The summed E-state index contributed by atoms with van der Waals surface area (Å²) in [7, 11) is 0. The Morgan fingerprint density at radius 2 is 1.67 bits per heavy atom. The van der Waals surface area contributed by atoms with Gasteiger partial charge < -0.3 is 4.74 Å². The highest BCUT2D eigenvalue weighted by molar-refractivity contribution is 6.42. The van der Waals surface area contributed by atoms with E-state index in [-0.39, 0.29) is 15.8 Å². The van der Waals surface area contributed by atoms with Crippen LogP contribution in [-0.4, -0.2) is 4.98 Å². The van der Waals surface area contributed by atoms with Crippen LogP contribution in [0.15, 0.2) is 24.3 Å². The number of rotatable bonds is 2. The van der Waals surface area contributed by atoms with Crippen molar-refractivity contribution in [3.8, 4) is 11.6 Å². The van der Waals surface area contributed by atoms with Crippen molar-refractivity contribution in [2.24, 2.45) is 0 Å². The highest BCUT2D eigenvalue weighted by atomic mass is 35.5. The van der Waals surface area contributed by atoms with Gasteiger partial charge in [-0.1, -0.05) is 23.2 Å². The average Bonchev–Trinajstić information content (AvgIpc) is 2.31. The monoisotopic (exact) mass is 293 g/mol. The molecular weight excluding hydrogens is 290 g/mol. The van der Waals surface area contributed by atoms with Gasteiger partial charge in [0, 0.05) is 12.1 Å².